The molecule has 0 radical (unpaired) electrons. The molecule has 5 rings (SSSR count). The number of nitrogens with one attached hydrogen (secondary N) is 2. The molecule has 1 fully saturated rings. The minimum Gasteiger partial charge on any atom is -0.352 e. The molecular formula is C27H28N6O3. The van der Waals surface area contributed by atoms with E-state index in [2.05, 4.69) is 15.6 Å². The van der Waals surface area contributed by atoms with E-state index in [0.29, 0.717) is 31.0 Å². The molecule has 2 aromatic carbocycles. The van der Waals surface area contributed by atoms with Gasteiger partial charge in [0.2, 0.25) is 17.8 Å². The number of likely N-dealkylation sites (N-methyl/N-ethyl adjacent to an activating group) is 1. The molecule has 3 aromatic rings. The molecule has 0 saturated carbocycles. The van der Waals surface area contributed by atoms with Gasteiger partial charge in [0.15, 0.2) is 0 Å². The van der Waals surface area contributed by atoms with Gasteiger partial charge in [-0.1, -0.05) is 18.2 Å². The zero-order chi connectivity index (χ0) is 25.1. The average molecular weight is 485 g/mol. The normalized spacial score (nSPS) is 14.8. The van der Waals surface area contributed by atoms with E-state index in [-0.39, 0.29) is 24.1 Å². The standard InChI is InChI=1S/C27H28N6O3/c1-32-22-7-3-2-6-21(22)25-19(16-24(32)35)17-29-27(31-25)30-20-11-9-18(10-12-20)26(36)28-13-5-15-33-14-4-8-23(33)34/h2-3,6-7,9-12,17H,4-5,8,13-16H2,1H3,(H,28,36)(H,29,30,31). The van der Waals surface area contributed by atoms with Crippen molar-refractivity contribution < 1.29 is 14.4 Å². The molecule has 3 amide bonds. The van der Waals surface area contributed by atoms with Crippen molar-refractivity contribution in [2.75, 3.05) is 36.9 Å². The smallest absolute Gasteiger partial charge is 0.251 e. The molecule has 3 heterocycles. The topological polar surface area (TPSA) is 108 Å². The number of rotatable bonds is 7. The first kappa shape index (κ1) is 23.5. The summed E-state index contributed by atoms with van der Waals surface area (Å²) in [5, 5.41) is 6.10. The first-order valence-electron chi connectivity index (χ1n) is 12.1. The molecule has 0 atom stereocenters. The minimum atomic E-state index is -0.152. The lowest BCUT2D eigenvalue weighted by atomic mass is 10.1. The summed E-state index contributed by atoms with van der Waals surface area (Å²) in [5.74, 6) is 0.451. The van der Waals surface area contributed by atoms with Gasteiger partial charge >= 0.3 is 0 Å². The number of carbonyl (C=O) groups is 3. The molecule has 0 aliphatic carbocycles. The second-order valence-electron chi connectivity index (χ2n) is 9.01. The van der Waals surface area contributed by atoms with Crippen LogP contribution in [0.4, 0.5) is 17.3 Å². The van der Waals surface area contributed by atoms with Gasteiger partial charge in [0, 0.05) is 61.7 Å². The number of aromatic nitrogens is 2. The molecular weight excluding hydrogens is 456 g/mol. The van der Waals surface area contributed by atoms with E-state index < -0.39 is 0 Å². The summed E-state index contributed by atoms with van der Waals surface area (Å²) in [7, 11) is 1.77. The summed E-state index contributed by atoms with van der Waals surface area (Å²) in [6.45, 7) is 2.01. The van der Waals surface area contributed by atoms with Crippen LogP contribution in [-0.4, -0.2) is 59.3 Å². The number of nitrogens with zero attached hydrogens (tertiary/aromatic N) is 4. The van der Waals surface area contributed by atoms with Gasteiger partial charge in [0.1, 0.15) is 0 Å². The van der Waals surface area contributed by atoms with Crippen LogP contribution in [-0.2, 0) is 16.0 Å². The second kappa shape index (κ2) is 10.2. The predicted molar refractivity (Wildman–Crippen MR) is 137 cm³/mol. The zero-order valence-corrected chi connectivity index (χ0v) is 20.2. The van der Waals surface area contributed by atoms with E-state index >= 15 is 0 Å². The van der Waals surface area contributed by atoms with Gasteiger partial charge in [-0.25, -0.2) is 9.97 Å². The molecule has 9 nitrogen and oxygen atoms in total. The van der Waals surface area contributed by atoms with Crippen LogP contribution in [0.1, 0.15) is 35.2 Å². The minimum absolute atomic E-state index is 0.0103. The van der Waals surface area contributed by atoms with Gasteiger partial charge < -0.3 is 20.4 Å². The van der Waals surface area contributed by atoms with E-state index in [1.165, 1.54) is 0 Å². The van der Waals surface area contributed by atoms with E-state index in [1.54, 1.807) is 42.4 Å². The van der Waals surface area contributed by atoms with Crippen LogP contribution >= 0.6 is 0 Å². The number of hydrogen-bond donors (Lipinski definition) is 2. The largest absolute Gasteiger partial charge is 0.352 e. The molecule has 9 heteroatoms. The third-order valence-electron chi connectivity index (χ3n) is 6.57. The maximum atomic E-state index is 12.6. The molecule has 2 N–H and O–H groups in total. The van der Waals surface area contributed by atoms with Crippen LogP contribution in [0.25, 0.3) is 11.3 Å². The Bertz CT molecular complexity index is 1310. The molecule has 1 aromatic heterocycles. The highest BCUT2D eigenvalue weighted by Crippen LogP contribution is 2.35. The summed E-state index contributed by atoms with van der Waals surface area (Å²) >= 11 is 0. The highest BCUT2D eigenvalue weighted by Gasteiger charge is 2.25. The van der Waals surface area contributed by atoms with E-state index in [0.717, 1.165) is 47.6 Å². The van der Waals surface area contributed by atoms with Crippen LogP contribution in [0.3, 0.4) is 0 Å². The molecule has 1 saturated heterocycles. The maximum Gasteiger partial charge on any atom is 0.251 e. The quantitative estimate of drug-likeness (QED) is 0.499. The lowest BCUT2D eigenvalue weighted by Crippen LogP contribution is -2.30. The maximum absolute atomic E-state index is 12.6. The number of hydrogen-bond acceptors (Lipinski definition) is 6. The molecule has 0 bridgehead atoms. The Kier molecular flexibility index (Phi) is 6.62. The highest BCUT2D eigenvalue weighted by atomic mass is 16.2. The third-order valence-corrected chi connectivity index (χ3v) is 6.57. The Balaban J connectivity index is 1.23. The lowest BCUT2D eigenvalue weighted by Gasteiger charge is -2.16. The molecule has 2 aliphatic heterocycles. The Labute approximate surface area is 209 Å². The van der Waals surface area contributed by atoms with Gasteiger partial charge in [-0.15, -0.1) is 0 Å². The Morgan fingerprint density at radius 2 is 1.86 bits per heavy atom. The zero-order valence-electron chi connectivity index (χ0n) is 20.2. The Morgan fingerprint density at radius 1 is 1.06 bits per heavy atom. The number of amides is 3. The van der Waals surface area contributed by atoms with Crippen LogP contribution in [0.15, 0.2) is 54.7 Å². The van der Waals surface area contributed by atoms with Gasteiger partial charge in [-0.2, -0.15) is 0 Å². The number of benzene rings is 2. The first-order chi connectivity index (χ1) is 17.5. The Hall–Kier alpha value is -4.27. The monoisotopic (exact) mass is 484 g/mol. The summed E-state index contributed by atoms with van der Waals surface area (Å²) in [4.78, 5) is 49.3. The SMILES string of the molecule is CN1C(=O)Cc2cnc(Nc3ccc(C(=O)NCCCN4CCCC4=O)cc3)nc2-c2ccccc21. The fourth-order valence-electron chi connectivity index (χ4n) is 4.56. The lowest BCUT2D eigenvalue weighted by molar-refractivity contribution is -0.127. The van der Waals surface area contributed by atoms with Crippen LogP contribution in [0, 0.1) is 0 Å². The number of anilines is 3. The number of para-hydroxylation sites is 1. The summed E-state index contributed by atoms with van der Waals surface area (Å²) in [5.41, 5.74) is 4.50. The molecule has 0 unspecified atom stereocenters. The third kappa shape index (κ3) is 4.91. The van der Waals surface area contributed by atoms with Crippen LogP contribution in [0.2, 0.25) is 0 Å². The molecule has 0 spiro atoms. The van der Waals surface area contributed by atoms with Crippen molar-refractivity contribution in [1.82, 2.24) is 20.2 Å². The van der Waals surface area contributed by atoms with Crippen molar-refractivity contribution in [3.63, 3.8) is 0 Å². The number of likely N-dealkylation sites (tertiary alicyclic amines) is 1. The van der Waals surface area contributed by atoms with Crippen LogP contribution < -0.4 is 15.5 Å². The fourth-order valence-corrected chi connectivity index (χ4v) is 4.56. The van der Waals surface area contributed by atoms with Crippen molar-refractivity contribution in [3.05, 3.63) is 65.9 Å². The van der Waals surface area contributed by atoms with Gasteiger partial charge in [0.25, 0.3) is 5.91 Å². The van der Waals surface area contributed by atoms with E-state index in [9.17, 15) is 14.4 Å². The predicted octanol–water partition coefficient (Wildman–Crippen LogP) is 3.15. The summed E-state index contributed by atoms with van der Waals surface area (Å²) < 4.78 is 0. The van der Waals surface area contributed by atoms with E-state index in [4.69, 9.17) is 4.98 Å². The van der Waals surface area contributed by atoms with Gasteiger partial charge in [-0.3, -0.25) is 14.4 Å². The van der Waals surface area contributed by atoms with Crippen LogP contribution in [0.5, 0.6) is 0 Å². The van der Waals surface area contributed by atoms with Gasteiger partial charge in [0.05, 0.1) is 17.8 Å². The van der Waals surface area contributed by atoms with Crippen molar-refractivity contribution >= 4 is 35.0 Å². The molecule has 184 valence electrons. The van der Waals surface area contributed by atoms with Crippen molar-refractivity contribution in [1.29, 1.82) is 0 Å². The van der Waals surface area contributed by atoms with E-state index in [1.807, 2.05) is 29.2 Å². The Morgan fingerprint density at radius 3 is 2.64 bits per heavy atom. The average Bonchev–Trinajstić information content (AvgIpc) is 3.27. The van der Waals surface area contributed by atoms with Crippen molar-refractivity contribution in [3.8, 4) is 11.3 Å². The van der Waals surface area contributed by atoms with Crippen molar-refractivity contribution in [2.24, 2.45) is 0 Å². The fraction of sp³-hybridized carbons (Fsp3) is 0.296. The van der Waals surface area contributed by atoms with Crippen molar-refractivity contribution in [2.45, 2.75) is 25.7 Å². The highest BCUT2D eigenvalue weighted by molar-refractivity contribution is 6.01. The second-order valence-corrected chi connectivity index (χ2v) is 9.01. The molecule has 36 heavy (non-hydrogen) atoms. The molecule has 2 aliphatic rings. The summed E-state index contributed by atoms with van der Waals surface area (Å²) in [6.07, 6.45) is 4.21. The summed E-state index contributed by atoms with van der Waals surface area (Å²) in [6, 6.07) is 14.8. The first-order valence-corrected chi connectivity index (χ1v) is 12.1. The number of fused-ring (bicyclic) bond motifs is 3. The number of carbonyl (C=O) groups excluding carboxylic acids is 3. The van der Waals surface area contributed by atoms with Gasteiger partial charge in [-0.05, 0) is 43.2 Å².